The van der Waals surface area contributed by atoms with Crippen molar-refractivity contribution in [3.05, 3.63) is 94.0 Å². The first-order valence-corrected chi connectivity index (χ1v) is 9.32. The normalized spacial score (nSPS) is 11.5. The summed E-state index contributed by atoms with van der Waals surface area (Å²) in [5.41, 5.74) is 1.19. The molecule has 0 aliphatic rings. The largest absolute Gasteiger partial charge is 0.481 e. The predicted molar refractivity (Wildman–Crippen MR) is 111 cm³/mol. The van der Waals surface area contributed by atoms with Crippen LogP contribution < -0.4 is 10.1 Å². The standard InChI is InChI=1S/C22H17Cl2NO3/c1-14(28-18-10-7-16(23)8-11-18)22(27)25-20-12-9-17(24)13-19(20)21(26)15-5-3-2-4-6-15/h2-14H,1H3,(H,25,27)/t14-/m0/s1. The first kappa shape index (κ1) is 19.9. The van der Waals surface area contributed by atoms with Gasteiger partial charge in [0, 0.05) is 21.2 Å². The number of halogens is 2. The molecule has 0 saturated heterocycles. The van der Waals surface area contributed by atoms with Crippen LogP contribution in [0.2, 0.25) is 10.0 Å². The number of carbonyl (C=O) groups is 2. The van der Waals surface area contributed by atoms with Crippen LogP contribution in [0.4, 0.5) is 5.69 Å². The van der Waals surface area contributed by atoms with Gasteiger partial charge in [0.25, 0.3) is 5.91 Å². The van der Waals surface area contributed by atoms with Gasteiger partial charge in [-0.1, -0.05) is 53.5 Å². The fourth-order valence-electron chi connectivity index (χ4n) is 2.56. The molecule has 0 saturated carbocycles. The van der Waals surface area contributed by atoms with Crippen LogP contribution in [-0.2, 0) is 4.79 Å². The molecule has 0 spiro atoms. The average Bonchev–Trinajstić information content (AvgIpc) is 2.71. The van der Waals surface area contributed by atoms with Crippen molar-refractivity contribution in [2.24, 2.45) is 0 Å². The van der Waals surface area contributed by atoms with Gasteiger partial charge in [-0.3, -0.25) is 9.59 Å². The first-order chi connectivity index (χ1) is 13.4. The number of rotatable bonds is 6. The minimum atomic E-state index is -0.781. The average molecular weight is 414 g/mol. The van der Waals surface area contributed by atoms with Crippen molar-refractivity contribution in [2.45, 2.75) is 13.0 Å². The summed E-state index contributed by atoms with van der Waals surface area (Å²) in [4.78, 5) is 25.4. The summed E-state index contributed by atoms with van der Waals surface area (Å²) < 4.78 is 5.63. The molecule has 3 aromatic rings. The molecule has 6 heteroatoms. The molecule has 0 unspecified atom stereocenters. The minimum absolute atomic E-state index is 0.232. The summed E-state index contributed by atoms with van der Waals surface area (Å²) >= 11 is 11.9. The maximum absolute atomic E-state index is 12.8. The molecule has 1 atom stereocenters. The summed E-state index contributed by atoms with van der Waals surface area (Å²) in [6.07, 6.45) is -0.781. The van der Waals surface area contributed by atoms with E-state index in [9.17, 15) is 9.59 Å². The Morgan fingerprint density at radius 2 is 1.54 bits per heavy atom. The van der Waals surface area contributed by atoms with Gasteiger partial charge in [-0.2, -0.15) is 0 Å². The predicted octanol–water partition coefficient (Wildman–Crippen LogP) is 5.63. The maximum atomic E-state index is 12.8. The van der Waals surface area contributed by atoms with Crippen LogP contribution in [-0.4, -0.2) is 17.8 Å². The molecule has 142 valence electrons. The topological polar surface area (TPSA) is 55.4 Å². The highest BCUT2D eigenvalue weighted by Gasteiger charge is 2.20. The van der Waals surface area contributed by atoms with Crippen LogP contribution in [0, 0.1) is 0 Å². The van der Waals surface area contributed by atoms with Crippen molar-refractivity contribution < 1.29 is 14.3 Å². The van der Waals surface area contributed by atoms with E-state index in [2.05, 4.69) is 5.32 Å². The molecule has 0 fully saturated rings. The summed E-state index contributed by atoms with van der Waals surface area (Å²) in [6.45, 7) is 1.62. The molecule has 0 aliphatic carbocycles. The van der Waals surface area contributed by atoms with Crippen LogP contribution >= 0.6 is 23.2 Å². The third-order valence-corrected chi connectivity index (χ3v) is 4.50. The van der Waals surface area contributed by atoms with Gasteiger partial charge in [-0.05, 0) is 49.4 Å². The van der Waals surface area contributed by atoms with Gasteiger partial charge in [0.15, 0.2) is 11.9 Å². The number of benzene rings is 3. The highest BCUT2D eigenvalue weighted by atomic mass is 35.5. The lowest BCUT2D eigenvalue weighted by Gasteiger charge is -2.16. The Balaban J connectivity index is 1.79. The number of hydrogen-bond donors (Lipinski definition) is 1. The highest BCUT2D eigenvalue weighted by Crippen LogP contribution is 2.24. The smallest absolute Gasteiger partial charge is 0.265 e. The van der Waals surface area contributed by atoms with Gasteiger partial charge in [0.2, 0.25) is 0 Å². The molecule has 3 rings (SSSR count). The first-order valence-electron chi connectivity index (χ1n) is 8.56. The van der Waals surface area contributed by atoms with Crippen molar-refractivity contribution in [3.63, 3.8) is 0 Å². The zero-order valence-corrected chi connectivity index (χ0v) is 16.5. The molecule has 3 aromatic carbocycles. The van der Waals surface area contributed by atoms with Gasteiger partial charge >= 0.3 is 0 Å². The van der Waals surface area contributed by atoms with Crippen LogP contribution in [0.5, 0.6) is 5.75 Å². The summed E-state index contributed by atoms with van der Waals surface area (Å²) in [6, 6.07) is 20.3. The van der Waals surface area contributed by atoms with Crippen molar-refractivity contribution in [2.75, 3.05) is 5.32 Å². The van der Waals surface area contributed by atoms with E-state index in [1.54, 1.807) is 67.6 Å². The number of nitrogens with one attached hydrogen (secondary N) is 1. The van der Waals surface area contributed by atoms with Crippen LogP contribution in [0.25, 0.3) is 0 Å². The minimum Gasteiger partial charge on any atom is -0.481 e. The van der Waals surface area contributed by atoms with E-state index in [-0.39, 0.29) is 11.7 Å². The van der Waals surface area contributed by atoms with Gasteiger partial charge in [-0.25, -0.2) is 0 Å². The summed E-state index contributed by atoms with van der Waals surface area (Å²) in [5.74, 6) is -0.104. The number of ether oxygens (including phenoxy) is 1. The highest BCUT2D eigenvalue weighted by molar-refractivity contribution is 6.31. The fraction of sp³-hybridized carbons (Fsp3) is 0.0909. The molecule has 1 N–H and O–H groups in total. The summed E-state index contributed by atoms with van der Waals surface area (Å²) in [5, 5.41) is 3.73. The lowest BCUT2D eigenvalue weighted by molar-refractivity contribution is -0.122. The zero-order chi connectivity index (χ0) is 20.1. The maximum Gasteiger partial charge on any atom is 0.265 e. The van der Waals surface area contributed by atoms with Gasteiger partial charge in [0.05, 0.1) is 5.69 Å². The molecule has 0 aliphatic heterocycles. The lowest BCUT2D eigenvalue weighted by atomic mass is 10.0. The number of ketones is 1. The van der Waals surface area contributed by atoms with Crippen molar-refractivity contribution in [3.8, 4) is 5.75 Å². The van der Waals surface area contributed by atoms with E-state index in [1.807, 2.05) is 6.07 Å². The second kappa shape index (κ2) is 8.91. The van der Waals surface area contributed by atoms with Gasteiger partial charge in [0.1, 0.15) is 5.75 Å². The van der Waals surface area contributed by atoms with E-state index in [1.165, 1.54) is 6.07 Å². The second-order valence-corrected chi connectivity index (χ2v) is 6.96. The summed E-state index contributed by atoms with van der Waals surface area (Å²) in [7, 11) is 0. The van der Waals surface area contributed by atoms with Crippen LogP contribution in [0.3, 0.4) is 0 Å². The van der Waals surface area contributed by atoms with Crippen molar-refractivity contribution in [1.29, 1.82) is 0 Å². The van der Waals surface area contributed by atoms with E-state index in [0.717, 1.165) is 0 Å². The van der Waals surface area contributed by atoms with Gasteiger partial charge < -0.3 is 10.1 Å². The molecule has 0 heterocycles. The number of carbonyl (C=O) groups excluding carboxylic acids is 2. The Morgan fingerprint density at radius 3 is 2.21 bits per heavy atom. The molecule has 0 radical (unpaired) electrons. The third kappa shape index (κ3) is 4.91. The van der Waals surface area contributed by atoms with E-state index in [4.69, 9.17) is 27.9 Å². The van der Waals surface area contributed by atoms with Crippen molar-refractivity contribution >= 4 is 40.6 Å². The van der Waals surface area contributed by atoms with Crippen molar-refractivity contribution in [1.82, 2.24) is 0 Å². The monoisotopic (exact) mass is 413 g/mol. The Kier molecular flexibility index (Phi) is 6.34. The Hall–Kier alpha value is -2.82. The molecule has 0 bridgehead atoms. The molecular weight excluding hydrogens is 397 g/mol. The number of amides is 1. The Morgan fingerprint density at radius 1 is 0.893 bits per heavy atom. The van der Waals surface area contributed by atoms with Crippen LogP contribution in [0.15, 0.2) is 72.8 Å². The second-order valence-electron chi connectivity index (χ2n) is 6.09. The SMILES string of the molecule is C[C@H](Oc1ccc(Cl)cc1)C(=O)Nc1ccc(Cl)cc1C(=O)c1ccccc1. The number of hydrogen-bond acceptors (Lipinski definition) is 3. The molecule has 4 nitrogen and oxygen atoms in total. The van der Waals surface area contributed by atoms with E-state index >= 15 is 0 Å². The Bertz CT molecular complexity index is 988. The Labute approximate surface area is 173 Å². The lowest BCUT2D eigenvalue weighted by Crippen LogP contribution is -2.30. The van der Waals surface area contributed by atoms with Gasteiger partial charge in [-0.15, -0.1) is 0 Å². The molecular formula is C22H17Cl2NO3. The van der Waals surface area contributed by atoms with Crippen LogP contribution in [0.1, 0.15) is 22.8 Å². The zero-order valence-electron chi connectivity index (χ0n) is 15.0. The molecule has 0 aromatic heterocycles. The molecule has 28 heavy (non-hydrogen) atoms. The molecule has 1 amide bonds. The third-order valence-electron chi connectivity index (χ3n) is 4.02. The number of anilines is 1. The van der Waals surface area contributed by atoms with E-state index < -0.39 is 6.10 Å². The quantitative estimate of drug-likeness (QED) is 0.532. The fourth-order valence-corrected chi connectivity index (χ4v) is 2.86. The van der Waals surface area contributed by atoms with E-state index in [0.29, 0.717) is 32.6 Å².